The maximum absolute atomic E-state index is 12.6. The first-order chi connectivity index (χ1) is 11.9. The summed E-state index contributed by atoms with van der Waals surface area (Å²) in [4.78, 5) is 26.0. The number of hydrogen-bond acceptors (Lipinski definition) is 3. The summed E-state index contributed by atoms with van der Waals surface area (Å²) in [7, 11) is 1.50. The Balaban J connectivity index is 2.01. The van der Waals surface area contributed by atoms with Crippen molar-refractivity contribution in [3.05, 3.63) is 35.4 Å². The third-order valence-electron chi connectivity index (χ3n) is 4.83. The zero-order valence-corrected chi connectivity index (χ0v) is 15.5. The highest BCUT2D eigenvalue weighted by Gasteiger charge is 2.43. The van der Waals surface area contributed by atoms with Crippen LogP contribution in [0, 0.1) is 11.3 Å². The highest BCUT2D eigenvalue weighted by molar-refractivity contribution is 5.81. The van der Waals surface area contributed by atoms with E-state index in [0.717, 1.165) is 12.0 Å². The number of piperidine rings is 1. The molecule has 0 bridgehead atoms. The van der Waals surface area contributed by atoms with Crippen LogP contribution in [0.5, 0.6) is 0 Å². The Labute approximate surface area is 150 Å². The van der Waals surface area contributed by atoms with Gasteiger partial charge in [-0.2, -0.15) is 0 Å². The molecule has 0 spiro atoms. The first kappa shape index (κ1) is 19.4. The zero-order valence-electron chi connectivity index (χ0n) is 15.5. The summed E-state index contributed by atoms with van der Waals surface area (Å²) >= 11 is 0. The van der Waals surface area contributed by atoms with Gasteiger partial charge >= 0.3 is 5.97 Å². The van der Waals surface area contributed by atoms with Gasteiger partial charge in [0.1, 0.15) is 5.41 Å². The molecule has 1 aliphatic heterocycles. The molecule has 1 aliphatic rings. The van der Waals surface area contributed by atoms with Gasteiger partial charge in [-0.25, -0.2) is 0 Å². The van der Waals surface area contributed by atoms with Crippen LogP contribution in [0.1, 0.15) is 37.8 Å². The molecule has 1 N–H and O–H groups in total. The molecule has 138 valence electrons. The molecule has 5 nitrogen and oxygen atoms in total. The molecule has 1 aromatic carbocycles. The second kappa shape index (κ2) is 8.48. The highest BCUT2D eigenvalue weighted by Crippen LogP contribution is 2.31. The number of methoxy groups -OCH3 is 1. The maximum atomic E-state index is 12.6. The number of carbonyl (C=O) groups is 2. The molecule has 25 heavy (non-hydrogen) atoms. The van der Waals surface area contributed by atoms with Gasteiger partial charge in [0.15, 0.2) is 0 Å². The molecule has 0 aliphatic carbocycles. The Bertz CT molecular complexity index is 592. The topological polar surface area (TPSA) is 66.8 Å². The molecule has 1 saturated heterocycles. The lowest BCUT2D eigenvalue weighted by molar-refractivity contribution is -0.159. The molecule has 1 amide bonds. The monoisotopic (exact) mass is 347 g/mol. The van der Waals surface area contributed by atoms with Gasteiger partial charge in [-0.15, -0.1) is 0 Å². The van der Waals surface area contributed by atoms with E-state index in [-0.39, 0.29) is 19.1 Å². The minimum atomic E-state index is -0.982. The van der Waals surface area contributed by atoms with Crippen molar-refractivity contribution in [3.63, 3.8) is 0 Å². The molecule has 0 radical (unpaired) electrons. The molecular weight excluding hydrogens is 318 g/mol. The van der Waals surface area contributed by atoms with Gasteiger partial charge in [-0.1, -0.05) is 38.1 Å². The van der Waals surface area contributed by atoms with Gasteiger partial charge in [-0.3, -0.25) is 9.59 Å². The van der Waals surface area contributed by atoms with E-state index in [1.54, 1.807) is 4.90 Å². The van der Waals surface area contributed by atoms with Crippen LogP contribution < -0.4 is 0 Å². The normalized spacial score (nSPS) is 20.7. The van der Waals surface area contributed by atoms with Crippen LogP contribution in [0.15, 0.2) is 24.3 Å². The van der Waals surface area contributed by atoms with Crippen molar-refractivity contribution in [2.75, 3.05) is 26.8 Å². The predicted molar refractivity (Wildman–Crippen MR) is 96.4 cm³/mol. The third kappa shape index (κ3) is 5.05. The van der Waals surface area contributed by atoms with Crippen molar-refractivity contribution < 1.29 is 19.4 Å². The average molecular weight is 347 g/mol. The van der Waals surface area contributed by atoms with Gasteiger partial charge in [-0.05, 0) is 36.3 Å². The summed E-state index contributed by atoms with van der Waals surface area (Å²) in [5.41, 5.74) is 1.26. The second-order valence-corrected chi connectivity index (χ2v) is 7.53. The van der Waals surface area contributed by atoms with E-state index in [2.05, 4.69) is 26.0 Å². The molecule has 5 heteroatoms. The number of hydrogen-bond donors (Lipinski definition) is 1. The Kier molecular flexibility index (Phi) is 6.59. The summed E-state index contributed by atoms with van der Waals surface area (Å²) in [5, 5.41) is 9.59. The Hall–Kier alpha value is -1.88. The first-order valence-electron chi connectivity index (χ1n) is 8.94. The number of carboxylic acids is 1. The summed E-state index contributed by atoms with van der Waals surface area (Å²) in [5.74, 6) is -0.298. The standard InChI is InChI=1S/C20H29NO4/c1-15(2)11-16-5-7-17(8-6-16)12-18(22)21-10-4-9-20(13-21,14-25-3)19(23)24/h5-8,15H,4,9-14H2,1-3H3,(H,23,24). The smallest absolute Gasteiger partial charge is 0.313 e. The van der Waals surface area contributed by atoms with E-state index in [9.17, 15) is 14.7 Å². The average Bonchev–Trinajstić information content (AvgIpc) is 2.56. The molecule has 0 aromatic heterocycles. The predicted octanol–water partition coefficient (Wildman–Crippen LogP) is 2.77. The van der Waals surface area contributed by atoms with E-state index >= 15 is 0 Å². The largest absolute Gasteiger partial charge is 0.481 e. The first-order valence-corrected chi connectivity index (χ1v) is 8.94. The molecule has 1 unspecified atom stereocenters. The fourth-order valence-electron chi connectivity index (χ4n) is 3.53. The number of carboxylic acid groups (broad SMARTS) is 1. The lowest BCUT2D eigenvalue weighted by Gasteiger charge is -2.39. The molecule has 1 fully saturated rings. The van der Waals surface area contributed by atoms with Crippen molar-refractivity contribution in [1.82, 2.24) is 4.90 Å². The number of likely N-dealkylation sites (tertiary alicyclic amines) is 1. The number of nitrogens with zero attached hydrogens (tertiary/aromatic N) is 1. The van der Waals surface area contributed by atoms with Crippen molar-refractivity contribution in [2.24, 2.45) is 11.3 Å². The number of rotatable bonds is 7. The minimum absolute atomic E-state index is 0.0157. The van der Waals surface area contributed by atoms with Gasteiger partial charge in [0.05, 0.1) is 13.0 Å². The lowest BCUT2D eigenvalue weighted by Crippen LogP contribution is -2.52. The van der Waals surface area contributed by atoms with Gasteiger partial charge in [0.2, 0.25) is 5.91 Å². The SMILES string of the molecule is COCC1(C(=O)O)CCCN(C(=O)Cc2ccc(CC(C)C)cc2)C1. The molecule has 1 atom stereocenters. The van der Waals surface area contributed by atoms with Crippen molar-refractivity contribution in [2.45, 2.75) is 39.5 Å². The Morgan fingerprint density at radius 2 is 1.88 bits per heavy atom. The van der Waals surface area contributed by atoms with Crippen LogP contribution in [0.4, 0.5) is 0 Å². The zero-order chi connectivity index (χ0) is 18.4. The highest BCUT2D eigenvalue weighted by atomic mass is 16.5. The second-order valence-electron chi connectivity index (χ2n) is 7.53. The number of carbonyl (C=O) groups excluding carboxylic acids is 1. The van der Waals surface area contributed by atoms with Crippen LogP contribution in [0.3, 0.4) is 0 Å². The van der Waals surface area contributed by atoms with Crippen LogP contribution >= 0.6 is 0 Å². The van der Waals surface area contributed by atoms with E-state index in [1.807, 2.05) is 12.1 Å². The van der Waals surface area contributed by atoms with Crippen LogP contribution in [0.2, 0.25) is 0 Å². The lowest BCUT2D eigenvalue weighted by atomic mass is 9.80. The summed E-state index contributed by atoms with van der Waals surface area (Å²) < 4.78 is 5.12. The summed E-state index contributed by atoms with van der Waals surface area (Å²) in [6, 6.07) is 8.15. The molecule has 2 rings (SSSR count). The number of ether oxygens (including phenoxy) is 1. The van der Waals surface area contributed by atoms with Crippen LogP contribution in [-0.2, 0) is 27.2 Å². The number of amides is 1. The quantitative estimate of drug-likeness (QED) is 0.824. The van der Waals surface area contributed by atoms with Gasteiger partial charge in [0.25, 0.3) is 0 Å². The summed E-state index contributed by atoms with van der Waals surface area (Å²) in [6.45, 7) is 5.34. The molecule has 0 saturated carbocycles. The molecular formula is C20H29NO4. The number of benzene rings is 1. The Morgan fingerprint density at radius 3 is 2.44 bits per heavy atom. The maximum Gasteiger partial charge on any atom is 0.313 e. The van der Waals surface area contributed by atoms with Crippen molar-refractivity contribution in [3.8, 4) is 0 Å². The molecule has 1 aromatic rings. The molecule has 1 heterocycles. The van der Waals surface area contributed by atoms with E-state index in [1.165, 1.54) is 12.7 Å². The number of aliphatic carboxylic acids is 1. The third-order valence-corrected chi connectivity index (χ3v) is 4.83. The van der Waals surface area contributed by atoms with Gasteiger partial charge < -0.3 is 14.7 Å². The fraction of sp³-hybridized carbons (Fsp3) is 0.600. The minimum Gasteiger partial charge on any atom is -0.481 e. The Morgan fingerprint density at radius 1 is 1.24 bits per heavy atom. The van der Waals surface area contributed by atoms with Crippen LogP contribution in [-0.4, -0.2) is 48.7 Å². The summed E-state index contributed by atoms with van der Waals surface area (Å²) in [6.07, 6.45) is 2.57. The van der Waals surface area contributed by atoms with Crippen molar-refractivity contribution >= 4 is 11.9 Å². The van der Waals surface area contributed by atoms with Crippen molar-refractivity contribution in [1.29, 1.82) is 0 Å². The van der Waals surface area contributed by atoms with Crippen LogP contribution in [0.25, 0.3) is 0 Å². The van der Waals surface area contributed by atoms with E-state index in [4.69, 9.17) is 4.74 Å². The van der Waals surface area contributed by atoms with E-state index in [0.29, 0.717) is 31.7 Å². The van der Waals surface area contributed by atoms with Gasteiger partial charge in [0, 0.05) is 20.2 Å². The van der Waals surface area contributed by atoms with E-state index < -0.39 is 11.4 Å². The fourth-order valence-corrected chi connectivity index (χ4v) is 3.53.